The molecule has 0 saturated heterocycles. The topological polar surface area (TPSA) is 91.8 Å². The molecular formula is C38H50ClN3O4S. The predicted octanol–water partition coefficient (Wildman–Crippen LogP) is 7.86. The van der Waals surface area contributed by atoms with E-state index in [1.54, 1.807) is 6.07 Å². The van der Waals surface area contributed by atoms with Gasteiger partial charge in [-0.2, -0.15) is 0 Å². The third-order valence-electron chi connectivity index (χ3n) is 9.17. The number of aromatic nitrogens is 1. The minimum atomic E-state index is -1.45. The molecule has 2 heterocycles. The number of nitrogens with zero attached hydrogens (tertiary/aromatic N) is 2. The number of nitrogens with one attached hydrogen (secondary N) is 1. The monoisotopic (exact) mass is 679 g/mol. The summed E-state index contributed by atoms with van der Waals surface area (Å²) >= 11 is 6.44. The van der Waals surface area contributed by atoms with Crippen molar-refractivity contribution in [3.63, 3.8) is 0 Å². The first-order chi connectivity index (χ1) is 22.8. The van der Waals surface area contributed by atoms with Crippen LogP contribution in [0, 0.1) is 11.8 Å². The van der Waals surface area contributed by atoms with Crippen molar-refractivity contribution in [3.05, 3.63) is 100 Å². The summed E-state index contributed by atoms with van der Waals surface area (Å²) in [6.07, 6.45) is 13.8. The molecule has 2 aliphatic rings. The highest BCUT2D eigenvalue weighted by molar-refractivity contribution is 7.84. The Morgan fingerprint density at radius 2 is 1.98 bits per heavy atom. The van der Waals surface area contributed by atoms with E-state index >= 15 is 0 Å². The number of pyridine rings is 1. The van der Waals surface area contributed by atoms with E-state index in [4.69, 9.17) is 21.4 Å². The van der Waals surface area contributed by atoms with Crippen molar-refractivity contribution in [1.82, 2.24) is 9.71 Å². The summed E-state index contributed by atoms with van der Waals surface area (Å²) in [5.41, 5.74) is 5.20. The van der Waals surface area contributed by atoms with Gasteiger partial charge in [0.15, 0.2) is 0 Å². The lowest BCUT2D eigenvalue weighted by Crippen LogP contribution is -2.42. The first-order valence-electron chi connectivity index (χ1n) is 16.8. The molecular weight excluding hydrogens is 630 g/mol. The van der Waals surface area contributed by atoms with E-state index in [0.717, 1.165) is 62.3 Å². The second kappa shape index (κ2) is 17.8. The Morgan fingerprint density at radius 1 is 1.17 bits per heavy atom. The standard InChI is InChI=1S/C37H46ClN3O3S.CH4O/c1-5-7-11-33(28-10-8-18-39-21-28)34-15-12-29(34)22-41-23-30(32-16-14-31(38)19-26(32)9-6-2)24-44-36-17-13-27(20-35(36)41)37(42)40-45(43)25(3)4;1-2/h7-8,10-11,13-14,16-21,25,29-30,33-34H,5-6,9,12,15,22-24H2,1-4H3,(H,40,42);2H,1H3/b11-7+;. The number of halogens is 1. The lowest BCUT2D eigenvalue weighted by atomic mass is 9.65. The average molecular weight is 680 g/mol. The molecule has 1 aromatic heterocycles. The summed E-state index contributed by atoms with van der Waals surface area (Å²) in [5.74, 6) is 1.84. The quantitative estimate of drug-likeness (QED) is 0.190. The van der Waals surface area contributed by atoms with E-state index in [1.807, 2.05) is 50.5 Å². The van der Waals surface area contributed by atoms with Gasteiger partial charge in [-0.3, -0.25) is 14.5 Å². The number of hydrogen-bond acceptors (Lipinski definition) is 6. The van der Waals surface area contributed by atoms with Crippen molar-refractivity contribution in [2.75, 3.05) is 31.7 Å². The number of fused-ring (bicyclic) bond motifs is 1. The molecule has 0 spiro atoms. The Kier molecular flexibility index (Phi) is 13.9. The molecule has 1 aliphatic carbocycles. The normalized spacial score (nSPS) is 20.3. The molecule has 1 saturated carbocycles. The first kappa shape index (κ1) is 36.6. The third kappa shape index (κ3) is 9.24. The van der Waals surface area contributed by atoms with E-state index in [2.05, 4.69) is 58.8 Å². The molecule has 3 aromatic rings. The van der Waals surface area contributed by atoms with Crippen molar-refractivity contribution in [1.29, 1.82) is 0 Å². The first-order valence-corrected chi connectivity index (χ1v) is 18.4. The van der Waals surface area contributed by atoms with Crippen molar-refractivity contribution < 1.29 is 18.8 Å². The van der Waals surface area contributed by atoms with Gasteiger partial charge in [-0.1, -0.05) is 56.2 Å². The summed E-state index contributed by atoms with van der Waals surface area (Å²) in [7, 11) is -0.453. The largest absolute Gasteiger partial charge is 0.491 e. The van der Waals surface area contributed by atoms with Gasteiger partial charge in [-0.15, -0.1) is 0 Å². The van der Waals surface area contributed by atoms with Crippen LogP contribution in [0.4, 0.5) is 5.69 Å². The van der Waals surface area contributed by atoms with Gasteiger partial charge in [0.05, 0.1) is 12.3 Å². The number of anilines is 1. The van der Waals surface area contributed by atoms with E-state index in [9.17, 15) is 9.00 Å². The van der Waals surface area contributed by atoms with Gasteiger partial charge in [0.25, 0.3) is 5.91 Å². The van der Waals surface area contributed by atoms with Crippen molar-refractivity contribution in [2.45, 2.75) is 76.9 Å². The molecule has 0 radical (unpaired) electrons. The molecule has 254 valence electrons. The number of benzene rings is 2. The molecule has 1 amide bonds. The molecule has 1 fully saturated rings. The van der Waals surface area contributed by atoms with Crippen molar-refractivity contribution >= 4 is 34.2 Å². The third-order valence-corrected chi connectivity index (χ3v) is 10.6. The van der Waals surface area contributed by atoms with Crippen LogP contribution in [0.3, 0.4) is 0 Å². The number of aliphatic hydroxyl groups excluding tert-OH is 1. The van der Waals surface area contributed by atoms with Crippen LogP contribution in [-0.4, -0.2) is 52.3 Å². The highest BCUT2D eigenvalue weighted by Crippen LogP contribution is 2.47. The molecule has 5 rings (SSSR count). The van der Waals surface area contributed by atoms with Gasteiger partial charge in [0.2, 0.25) is 0 Å². The van der Waals surface area contributed by atoms with Gasteiger partial charge >= 0.3 is 0 Å². The van der Waals surface area contributed by atoms with E-state index in [-0.39, 0.29) is 17.1 Å². The molecule has 2 N–H and O–H groups in total. The number of carbonyl (C=O) groups excluding carboxylic acids is 1. The maximum absolute atomic E-state index is 13.2. The molecule has 9 heteroatoms. The number of rotatable bonds is 12. The summed E-state index contributed by atoms with van der Waals surface area (Å²) in [5, 5.41) is 7.59. The molecule has 47 heavy (non-hydrogen) atoms. The van der Waals surface area contributed by atoms with Gasteiger partial charge in [-0.05, 0) is 104 Å². The second-order valence-corrected chi connectivity index (χ2v) is 14.8. The van der Waals surface area contributed by atoms with Crippen LogP contribution in [0.25, 0.3) is 0 Å². The average Bonchev–Trinajstić information content (AvgIpc) is 3.25. The number of amides is 1. The summed E-state index contributed by atoms with van der Waals surface area (Å²) in [4.78, 5) is 20.0. The van der Waals surface area contributed by atoms with Gasteiger partial charge < -0.3 is 14.7 Å². The highest BCUT2D eigenvalue weighted by atomic mass is 35.5. The minimum absolute atomic E-state index is 0.134. The lowest BCUT2D eigenvalue weighted by Gasteiger charge is -2.44. The number of hydrogen-bond donors (Lipinski definition) is 2. The maximum atomic E-state index is 13.2. The predicted molar refractivity (Wildman–Crippen MR) is 194 cm³/mol. The van der Waals surface area contributed by atoms with Crippen LogP contribution in [0.15, 0.2) is 73.1 Å². The molecule has 0 bridgehead atoms. The molecule has 1 aliphatic heterocycles. The Bertz CT molecular complexity index is 1520. The number of aryl methyl sites for hydroxylation is 1. The van der Waals surface area contributed by atoms with Crippen LogP contribution >= 0.6 is 11.6 Å². The van der Waals surface area contributed by atoms with Crippen LogP contribution in [0.2, 0.25) is 5.02 Å². The second-order valence-electron chi connectivity index (χ2n) is 12.6. The fourth-order valence-corrected chi connectivity index (χ4v) is 7.39. The number of allylic oxidation sites excluding steroid dienone is 2. The zero-order chi connectivity index (χ0) is 33.9. The summed E-state index contributed by atoms with van der Waals surface area (Å²) in [6.45, 7) is 10.2. The fourth-order valence-electron chi connectivity index (χ4n) is 6.66. The molecule has 2 aromatic carbocycles. The van der Waals surface area contributed by atoms with Gasteiger partial charge in [0, 0.05) is 60.3 Å². The summed E-state index contributed by atoms with van der Waals surface area (Å²) < 4.78 is 21.6. The maximum Gasteiger partial charge on any atom is 0.263 e. The van der Waals surface area contributed by atoms with E-state index in [1.165, 1.54) is 23.1 Å². The number of aliphatic hydroxyl groups is 1. The minimum Gasteiger partial charge on any atom is -0.491 e. The number of carbonyl (C=O) groups is 1. The van der Waals surface area contributed by atoms with Crippen LogP contribution < -0.4 is 14.4 Å². The smallest absolute Gasteiger partial charge is 0.263 e. The fraction of sp³-hybridized carbons (Fsp3) is 0.474. The van der Waals surface area contributed by atoms with Crippen LogP contribution in [0.1, 0.15) is 92.3 Å². The Morgan fingerprint density at radius 3 is 2.64 bits per heavy atom. The Hall–Kier alpha value is -3.20. The van der Waals surface area contributed by atoms with E-state index in [0.29, 0.717) is 29.9 Å². The van der Waals surface area contributed by atoms with Crippen molar-refractivity contribution in [3.8, 4) is 5.75 Å². The number of ether oxygens (including phenoxy) is 1. The molecule has 5 unspecified atom stereocenters. The van der Waals surface area contributed by atoms with Crippen molar-refractivity contribution in [2.24, 2.45) is 11.8 Å². The van der Waals surface area contributed by atoms with Gasteiger partial charge in [0.1, 0.15) is 16.7 Å². The van der Waals surface area contributed by atoms with Crippen LogP contribution in [0.5, 0.6) is 5.75 Å². The Balaban J connectivity index is 0.00000245. The van der Waals surface area contributed by atoms with Gasteiger partial charge in [-0.25, -0.2) is 4.21 Å². The Labute approximate surface area is 288 Å². The molecule has 7 nitrogen and oxygen atoms in total. The molecule has 5 atom stereocenters. The van der Waals surface area contributed by atoms with Crippen LogP contribution in [-0.2, 0) is 17.4 Å². The zero-order valence-electron chi connectivity index (χ0n) is 28.3. The van der Waals surface area contributed by atoms with E-state index < -0.39 is 11.0 Å². The summed E-state index contributed by atoms with van der Waals surface area (Å²) in [6, 6.07) is 16.1. The zero-order valence-corrected chi connectivity index (χ0v) is 29.9. The lowest BCUT2D eigenvalue weighted by molar-refractivity contribution is 0.0982. The highest BCUT2D eigenvalue weighted by Gasteiger charge is 2.39. The SMILES string of the molecule is CC/C=C/C(c1cccnc1)C1CCC1CN1CC(c2ccc(Cl)cc2CCC)COc2ccc(C(=O)NS(=O)C(C)C)cc21.CO.